The zero-order valence-corrected chi connectivity index (χ0v) is 9.47. The summed E-state index contributed by atoms with van der Waals surface area (Å²) >= 11 is 0. The summed E-state index contributed by atoms with van der Waals surface area (Å²) in [6.45, 7) is 4.70. The molecule has 0 aliphatic heterocycles. The van der Waals surface area contributed by atoms with Gasteiger partial charge in [-0.15, -0.1) is 0 Å². The Morgan fingerprint density at radius 1 is 1.29 bits per heavy atom. The highest BCUT2D eigenvalue weighted by molar-refractivity contribution is 5.55. The first-order valence-corrected chi connectivity index (χ1v) is 5.28. The molecule has 0 aliphatic carbocycles. The van der Waals surface area contributed by atoms with Crippen molar-refractivity contribution in [2.75, 3.05) is 33.7 Å². The summed E-state index contributed by atoms with van der Waals surface area (Å²) < 4.78 is 0. The van der Waals surface area contributed by atoms with E-state index in [4.69, 9.17) is 0 Å². The Morgan fingerprint density at radius 3 is 2.43 bits per heavy atom. The molecule has 0 spiro atoms. The minimum atomic E-state index is 0.0364. The number of carbonyl (C=O) groups excluding carboxylic acids is 1. The minimum Gasteiger partial charge on any atom is -0.319 e. The van der Waals surface area contributed by atoms with E-state index >= 15 is 0 Å². The quantitative estimate of drug-likeness (QED) is 0.351. The maximum absolute atomic E-state index is 10.8. The molecule has 2 unspecified atom stereocenters. The summed E-state index contributed by atoms with van der Waals surface area (Å²) in [7, 11) is 3.76. The maximum atomic E-state index is 10.8. The Kier molecular flexibility index (Phi) is 8.83. The summed E-state index contributed by atoms with van der Waals surface area (Å²) in [5, 5.41) is 9.50. The molecule has 0 aliphatic rings. The second-order valence-corrected chi connectivity index (χ2v) is 3.46. The van der Waals surface area contributed by atoms with Crippen molar-refractivity contribution in [2.45, 2.75) is 19.4 Å². The molecular formula is C10H23N3O. The molecule has 0 radical (unpaired) electrons. The number of hydrogen-bond acceptors (Lipinski definition) is 4. The van der Waals surface area contributed by atoms with E-state index in [0.29, 0.717) is 0 Å². The van der Waals surface area contributed by atoms with Gasteiger partial charge in [0.15, 0.2) is 0 Å². The van der Waals surface area contributed by atoms with Crippen molar-refractivity contribution in [3.8, 4) is 0 Å². The van der Waals surface area contributed by atoms with Gasteiger partial charge in [0.1, 0.15) is 6.29 Å². The molecule has 2 atom stereocenters. The number of likely N-dealkylation sites (N-methyl/N-ethyl adjacent to an activating group) is 1. The van der Waals surface area contributed by atoms with Crippen LogP contribution in [-0.2, 0) is 4.79 Å². The van der Waals surface area contributed by atoms with Gasteiger partial charge >= 0.3 is 0 Å². The van der Waals surface area contributed by atoms with Crippen molar-refractivity contribution in [2.24, 2.45) is 5.92 Å². The van der Waals surface area contributed by atoms with Gasteiger partial charge in [-0.1, -0.05) is 6.92 Å². The van der Waals surface area contributed by atoms with Crippen molar-refractivity contribution in [1.29, 1.82) is 0 Å². The van der Waals surface area contributed by atoms with E-state index in [1.807, 2.05) is 14.1 Å². The third kappa shape index (κ3) is 5.32. The molecule has 0 aromatic rings. The van der Waals surface area contributed by atoms with Gasteiger partial charge in [-0.25, -0.2) is 0 Å². The molecule has 3 N–H and O–H groups in total. The SMILES string of the molecule is CCCNCC(NC)C(C=O)CNC. The summed E-state index contributed by atoms with van der Waals surface area (Å²) in [5.41, 5.74) is 0. The van der Waals surface area contributed by atoms with Gasteiger partial charge in [0.05, 0.1) is 0 Å². The molecule has 4 heteroatoms. The van der Waals surface area contributed by atoms with E-state index in [-0.39, 0.29) is 12.0 Å². The van der Waals surface area contributed by atoms with E-state index in [1.165, 1.54) is 0 Å². The van der Waals surface area contributed by atoms with Gasteiger partial charge in [0.2, 0.25) is 0 Å². The fourth-order valence-electron chi connectivity index (χ4n) is 1.42. The van der Waals surface area contributed by atoms with E-state index in [1.54, 1.807) is 0 Å². The van der Waals surface area contributed by atoms with Gasteiger partial charge in [-0.2, -0.15) is 0 Å². The summed E-state index contributed by atoms with van der Waals surface area (Å²) in [6.07, 6.45) is 2.14. The van der Waals surface area contributed by atoms with Crippen molar-refractivity contribution >= 4 is 6.29 Å². The first kappa shape index (κ1) is 13.5. The second kappa shape index (κ2) is 9.12. The molecule has 0 saturated heterocycles. The average molecular weight is 201 g/mol. The predicted molar refractivity (Wildman–Crippen MR) is 59.5 cm³/mol. The van der Waals surface area contributed by atoms with E-state index in [0.717, 1.165) is 32.3 Å². The van der Waals surface area contributed by atoms with E-state index in [9.17, 15) is 4.79 Å². The molecule has 0 saturated carbocycles. The Balaban J connectivity index is 3.87. The lowest BCUT2D eigenvalue weighted by atomic mass is 10.0. The molecule has 0 rings (SSSR count). The Bertz CT molecular complexity index is 141. The lowest BCUT2D eigenvalue weighted by Crippen LogP contribution is -2.46. The smallest absolute Gasteiger partial charge is 0.125 e. The highest BCUT2D eigenvalue weighted by Gasteiger charge is 2.17. The Labute approximate surface area is 86.8 Å². The highest BCUT2D eigenvalue weighted by Crippen LogP contribution is 1.98. The molecular weight excluding hydrogens is 178 g/mol. The molecule has 4 nitrogen and oxygen atoms in total. The molecule has 0 aromatic carbocycles. The molecule has 0 amide bonds. The third-order valence-corrected chi connectivity index (χ3v) is 2.29. The van der Waals surface area contributed by atoms with Gasteiger partial charge < -0.3 is 20.7 Å². The number of hydrogen-bond donors (Lipinski definition) is 3. The van der Waals surface area contributed by atoms with Crippen LogP contribution in [0.2, 0.25) is 0 Å². The van der Waals surface area contributed by atoms with Crippen molar-refractivity contribution in [3.05, 3.63) is 0 Å². The summed E-state index contributed by atoms with van der Waals surface area (Å²) in [6, 6.07) is 0.214. The third-order valence-electron chi connectivity index (χ3n) is 2.29. The normalized spacial score (nSPS) is 15.1. The van der Waals surface area contributed by atoms with Gasteiger partial charge in [0.25, 0.3) is 0 Å². The van der Waals surface area contributed by atoms with Crippen molar-refractivity contribution < 1.29 is 4.79 Å². The molecule has 0 bridgehead atoms. The van der Waals surface area contributed by atoms with Gasteiger partial charge in [-0.3, -0.25) is 0 Å². The van der Waals surface area contributed by atoms with Crippen LogP contribution < -0.4 is 16.0 Å². The highest BCUT2D eigenvalue weighted by atomic mass is 16.1. The average Bonchev–Trinajstić information content (AvgIpc) is 2.22. The summed E-state index contributed by atoms with van der Waals surface area (Å²) in [4.78, 5) is 10.8. The number of aldehydes is 1. The Morgan fingerprint density at radius 2 is 2.00 bits per heavy atom. The number of nitrogens with one attached hydrogen (secondary N) is 3. The van der Waals surface area contributed by atoms with Crippen molar-refractivity contribution in [1.82, 2.24) is 16.0 Å². The first-order chi connectivity index (χ1) is 6.79. The van der Waals surface area contributed by atoms with Crippen LogP contribution in [0.25, 0.3) is 0 Å². The maximum Gasteiger partial charge on any atom is 0.125 e. The molecule has 84 valence electrons. The number of carbonyl (C=O) groups is 1. The molecule has 0 fully saturated rings. The topological polar surface area (TPSA) is 53.2 Å². The van der Waals surface area contributed by atoms with Crippen LogP contribution in [0.5, 0.6) is 0 Å². The van der Waals surface area contributed by atoms with Gasteiger partial charge in [-0.05, 0) is 27.1 Å². The monoisotopic (exact) mass is 201 g/mol. The van der Waals surface area contributed by atoms with Crippen LogP contribution in [0, 0.1) is 5.92 Å². The molecule has 0 aromatic heterocycles. The van der Waals surface area contributed by atoms with Crippen LogP contribution in [-0.4, -0.2) is 46.1 Å². The van der Waals surface area contributed by atoms with Crippen LogP contribution >= 0.6 is 0 Å². The lowest BCUT2D eigenvalue weighted by Gasteiger charge is -2.22. The second-order valence-electron chi connectivity index (χ2n) is 3.46. The van der Waals surface area contributed by atoms with E-state index in [2.05, 4.69) is 22.9 Å². The van der Waals surface area contributed by atoms with Gasteiger partial charge in [0, 0.05) is 25.0 Å². The van der Waals surface area contributed by atoms with Crippen molar-refractivity contribution in [3.63, 3.8) is 0 Å². The zero-order valence-electron chi connectivity index (χ0n) is 9.47. The van der Waals surface area contributed by atoms with Crippen LogP contribution in [0.4, 0.5) is 0 Å². The fraction of sp³-hybridized carbons (Fsp3) is 0.900. The van der Waals surface area contributed by atoms with Crippen LogP contribution in [0.3, 0.4) is 0 Å². The number of rotatable bonds is 9. The predicted octanol–water partition coefficient (Wildman–Crippen LogP) is -0.391. The fourth-order valence-corrected chi connectivity index (χ4v) is 1.42. The first-order valence-electron chi connectivity index (χ1n) is 5.28. The lowest BCUT2D eigenvalue weighted by molar-refractivity contribution is -0.111. The van der Waals surface area contributed by atoms with E-state index < -0.39 is 0 Å². The zero-order chi connectivity index (χ0) is 10.8. The Hall–Kier alpha value is -0.450. The van der Waals surface area contributed by atoms with Crippen LogP contribution in [0.1, 0.15) is 13.3 Å². The minimum absolute atomic E-state index is 0.0364. The molecule has 14 heavy (non-hydrogen) atoms. The van der Waals surface area contributed by atoms with Crippen LogP contribution in [0.15, 0.2) is 0 Å². The summed E-state index contributed by atoms with van der Waals surface area (Å²) in [5.74, 6) is 0.0364. The molecule has 0 heterocycles. The standard InChI is InChI=1S/C10H23N3O/c1-4-5-13-7-10(12-3)9(8-14)6-11-2/h8-13H,4-7H2,1-3H3. The largest absolute Gasteiger partial charge is 0.319 e.